The molecule has 0 aromatic rings. The van der Waals surface area contributed by atoms with E-state index in [4.69, 9.17) is 10.3 Å². The molecular formula is C14H19NO3. The van der Waals surface area contributed by atoms with Gasteiger partial charge in [0.15, 0.2) is 0 Å². The zero-order chi connectivity index (χ0) is 13.0. The maximum atomic E-state index is 10.5. The Labute approximate surface area is 107 Å². The number of oxime groups is 1. The molecule has 18 heavy (non-hydrogen) atoms. The van der Waals surface area contributed by atoms with Gasteiger partial charge in [-0.1, -0.05) is 10.7 Å². The predicted molar refractivity (Wildman–Crippen MR) is 68.9 cm³/mol. The van der Waals surface area contributed by atoms with E-state index in [0.717, 1.165) is 50.7 Å². The van der Waals surface area contributed by atoms with E-state index in [0.29, 0.717) is 0 Å². The predicted octanol–water partition coefficient (Wildman–Crippen LogP) is 3.27. The van der Waals surface area contributed by atoms with E-state index < -0.39 is 5.97 Å². The van der Waals surface area contributed by atoms with E-state index in [2.05, 4.69) is 5.16 Å². The summed E-state index contributed by atoms with van der Waals surface area (Å²) in [6.45, 7) is 0. The molecule has 2 aliphatic rings. The number of carboxylic acid groups (broad SMARTS) is 1. The summed E-state index contributed by atoms with van der Waals surface area (Å²) in [6, 6.07) is 0. The third-order valence-corrected chi connectivity index (χ3v) is 3.71. The molecule has 0 spiro atoms. The number of carboxylic acids is 1. The Morgan fingerprint density at radius 1 is 1.28 bits per heavy atom. The molecule has 0 heterocycles. The maximum Gasteiger partial charge on any atom is 0.303 e. The standard InChI is InChI=1S/C14H19NO3/c16-14(17)6-2-4-10-3-1-5-11-9-12(15-18)7-8-13(10)11/h9,18H,1-8H2,(H,16,17)/b15-12-. The Hall–Kier alpha value is -1.58. The zero-order valence-electron chi connectivity index (χ0n) is 10.5. The minimum Gasteiger partial charge on any atom is -0.481 e. The fraction of sp³-hybridized carbons (Fsp3) is 0.571. The Bertz CT molecular complexity index is 432. The average molecular weight is 249 g/mol. The highest BCUT2D eigenvalue weighted by Gasteiger charge is 2.21. The van der Waals surface area contributed by atoms with E-state index in [1.54, 1.807) is 0 Å². The first-order chi connectivity index (χ1) is 8.70. The van der Waals surface area contributed by atoms with Crippen LogP contribution in [-0.2, 0) is 4.79 Å². The van der Waals surface area contributed by atoms with E-state index in [1.807, 2.05) is 6.08 Å². The van der Waals surface area contributed by atoms with Gasteiger partial charge in [-0.05, 0) is 62.2 Å². The number of carbonyl (C=O) groups is 1. The average Bonchev–Trinajstić information content (AvgIpc) is 2.38. The molecule has 0 aliphatic heterocycles. The summed E-state index contributed by atoms with van der Waals surface area (Å²) in [6.07, 6.45) is 8.86. The summed E-state index contributed by atoms with van der Waals surface area (Å²) in [4.78, 5) is 10.5. The van der Waals surface area contributed by atoms with Gasteiger partial charge in [0, 0.05) is 6.42 Å². The highest BCUT2D eigenvalue weighted by Crippen LogP contribution is 2.37. The number of nitrogens with zero attached hydrogens (tertiary/aromatic N) is 1. The second kappa shape index (κ2) is 5.85. The lowest BCUT2D eigenvalue weighted by Gasteiger charge is -2.26. The molecular weight excluding hydrogens is 230 g/mol. The van der Waals surface area contributed by atoms with Gasteiger partial charge in [-0.3, -0.25) is 4.79 Å². The Morgan fingerprint density at radius 2 is 2.11 bits per heavy atom. The van der Waals surface area contributed by atoms with Gasteiger partial charge < -0.3 is 10.3 Å². The third-order valence-electron chi connectivity index (χ3n) is 3.71. The fourth-order valence-corrected chi connectivity index (χ4v) is 2.85. The van der Waals surface area contributed by atoms with Crippen molar-refractivity contribution in [1.29, 1.82) is 0 Å². The summed E-state index contributed by atoms with van der Waals surface area (Å²) >= 11 is 0. The van der Waals surface area contributed by atoms with Gasteiger partial charge >= 0.3 is 5.97 Å². The Balaban J connectivity index is 2.09. The van der Waals surface area contributed by atoms with Crippen molar-refractivity contribution < 1.29 is 15.1 Å². The SMILES string of the molecule is O=C(O)CCCC1=C2CC/C(=N/O)C=C2CCC1. The molecule has 0 saturated carbocycles. The van der Waals surface area contributed by atoms with E-state index in [9.17, 15) is 4.79 Å². The van der Waals surface area contributed by atoms with Gasteiger partial charge in [0.05, 0.1) is 5.71 Å². The minimum absolute atomic E-state index is 0.249. The number of fused-ring (bicyclic) bond motifs is 1. The fourth-order valence-electron chi connectivity index (χ4n) is 2.85. The summed E-state index contributed by atoms with van der Waals surface area (Å²) < 4.78 is 0. The van der Waals surface area contributed by atoms with Gasteiger partial charge in [-0.15, -0.1) is 0 Å². The molecule has 2 N–H and O–H groups in total. The summed E-state index contributed by atoms with van der Waals surface area (Å²) in [5.41, 5.74) is 4.89. The van der Waals surface area contributed by atoms with Crippen molar-refractivity contribution in [3.05, 3.63) is 22.8 Å². The van der Waals surface area contributed by atoms with Crippen LogP contribution in [0.3, 0.4) is 0 Å². The topological polar surface area (TPSA) is 69.9 Å². The minimum atomic E-state index is -0.717. The third kappa shape index (κ3) is 3.00. The first-order valence-corrected chi connectivity index (χ1v) is 6.55. The number of rotatable bonds is 4. The van der Waals surface area contributed by atoms with Crippen LogP contribution >= 0.6 is 0 Å². The van der Waals surface area contributed by atoms with Crippen molar-refractivity contribution in [2.45, 2.75) is 51.4 Å². The molecule has 0 bridgehead atoms. The Morgan fingerprint density at radius 3 is 2.83 bits per heavy atom. The lowest BCUT2D eigenvalue weighted by Crippen LogP contribution is -2.12. The highest BCUT2D eigenvalue weighted by atomic mass is 16.4. The zero-order valence-corrected chi connectivity index (χ0v) is 10.5. The van der Waals surface area contributed by atoms with Crippen molar-refractivity contribution in [3.63, 3.8) is 0 Å². The molecule has 2 aliphatic carbocycles. The van der Waals surface area contributed by atoms with Crippen molar-refractivity contribution in [3.8, 4) is 0 Å². The monoisotopic (exact) mass is 249 g/mol. The van der Waals surface area contributed by atoms with Crippen molar-refractivity contribution in [2.24, 2.45) is 5.16 Å². The van der Waals surface area contributed by atoms with E-state index in [1.165, 1.54) is 16.7 Å². The van der Waals surface area contributed by atoms with Crippen LogP contribution in [0.5, 0.6) is 0 Å². The first-order valence-electron chi connectivity index (χ1n) is 6.55. The van der Waals surface area contributed by atoms with Crippen molar-refractivity contribution >= 4 is 11.7 Å². The molecule has 0 radical (unpaired) electrons. The second-order valence-corrected chi connectivity index (χ2v) is 4.94. The molecule has 4 nitrogen and oxygen atoms in total. The molecule has 0 fully saturated rings. The van der Waals surface area contributed by atoms with Crippen LogP contribution in [0.4, 0.5) is 0 Å². The van der Waals surface area contributed by atoms with Gasteiger partial charge in [0.25, 0.3) is 0 Å². The molecule has 2 rings (SSSR count). The molecule has 0 aromatic carbocycles. The first kappa shape index (κ1) is 12.9. The number of hydrogen-bond donors (Lipinski definition) is 2. The van der Waals surface area contributed by atoms with Gasteiger partial charge in [0.2, 0.25) is 0 Å². The number of allylic oxidation sites excluding steroid dienone is 4. The summed E-state index contributed by atoms with van der Waals surface area (Å²) in [5.74, 6) is -0.717. The lowest BCUT2D eigenvalue weighted by molar-refractivity contribution is -0.137. The highest BCUT2D eigenvalue weighted by molar-refractivity contribution is 5.97. The van der Waals surface area contributed by atoms with Crippen LogP contribution in [0, 0.1) is 0 Å². The summed E-state index contributed by atoms with van der Waals surface area (Å²) in [7, 11) is 0. The van der Waals surface area contributed by atoms with Crippen LogP contribution in [0.25, 0.3) is 0 Å². The van der Waals surface area contributed by atoms with E-state index in [-0.39, 0.29) is 6.42 Å². The molecule has 0 aromatic heterocycles. The van der Waals surface area contributed by atoms with Crippen molar-refractivity contribution in [1.82, 2.24) is 0 Å². The molecule has 4 heteroatoms. The van der Waals surface area contributed by atoms with E-state index >= 15 is 0 Å². The van der Waals surface area contributed by atoms with Crippen LogP contribution in [0.2, 0.25) is 0 Å². The van der Waals surface area contributed by atoms with Gasteiger partial charge in [0.1, 0.15) is 0 Å². The summed E-state index contributed by atoms with van der Waals surface area (Å²) in [5, 5.41) is 20.8. The number of hydrogen-bond acceptors (Lipinski definition) is 3. The maximum absolute atomic E-state index is 10.5. The largest absolute Gasteiger partial charge is 0.481 e. The van der Waals surface area contributed by atoms with Crippen LogP contribution in [-0.4, -0.2) is 22.0 Å². The van der Waals surface area contributed by atoms with Crippen LogP contribution < -0.4 is 0 Å². The van der Waals surface area contributed by atoms with Gasteiger partial charge in [-0.2, -0.15) is 0 Å². The van der Waals surface area contributed by atoms with Crippen LogP contribution in [0.15, 0.2) is 28.0 Å². The second-order valence-electron chi connectivity index (χ2n) is 4.94. The molecule has 98 valence electrons. The molecule has 0 atom stereocenters. The van der Waals surface area contributed by atoms with Crippen molar-refractivity contribution in [2.75, 3.05) is 0 Å². The smallest absolute Gasteiger partial charge is 0.303 e. The normalized spacial score (nSPS) is 21.8. The van der Waals surface area contributed by atoms with Gasteiger partial charge in [-0.25, -0.2) is 0 Å². The molecule has 0 amide bonds. The number of aliphatic carboxylic acids is 1. The Kier molecular flexibility index (Phi) is 4.18. The quantitative estimate of drug-likeness (QED) is 0.593. The molecule has 0 unspecified atom stereocenters. The lowest BCUT2D eigenvalue weighted by atomic mass is 9.79. The molecule has 0 saturated heterocycles. The van der Waals surface area contributed by atoms with Crippen LogP contribution in [0.1, 0.15) is 51.4 Å².